The minimum Gasteiger partial charge on any atom is -0.348 e. The molecule has 0 aromatic carbocycles. The summed E-state index contributed by atoms with van der Waals surface area (Å²) >= 11 is 0. The van der Waals surface area contributed by atoms with Crippen molar-refractivity contribution in [3.05, 3.63) is 17.7 Å². The summed E-state index contributed by atoms with van der Waals surface area (Å²) in [5.41, 5.74) is 2.31. The van der Waals surface area contributed by atoms with E-state index in [4.69, 9.17) is 0 Å². The summed E-state index contributed by atoms with van der Waals surface area (Å²) in [6, 6.07) is 0.659. The zero-order valence-corrected chi connectivity index (χ0v) is 11.9. The van der Waals surface area contributed by atoms with E-state index in [1.807, 2.05) is 0 Å². The zero-order chi connectivity index (χ0) is 13.0. The van der Waals surface area contributed by atoms with Crippen LogP contribution in [0.3, 0.4) is 0 Å². The molecule has 0 bridgehead atoms. The van der Waals surface area contributed by atoms with E-state index in [0.717, 1.165) is 18.8 Å². The first-order chi connectivity index (χ1) is 8.68. The van der Waals surface area contributed by atoms with Gasteiger partial charge in [0.2, 0.25) is 0 Å². The van der Waals surface area contributed by atoms with E-state index in [1.165, 1.54) is 31.6 Å². The van der Waals surface area contributed by atoms with Gasteiger partial charge in [0.05, 0.1) is 12.0 Å². The summed E-state index contributed by atoms with van der Waals surface area (Å²) in [7, 11) is 0. The quantitative estimate of drug-likeness (QED) is 0.811. The molecule has 2 rings (SSSR count). The van der Waals surface area contributed by atoms with Gasteiger partial charge >= 0.3 is 0 Å². The lowest BCUT2D eigenvalue weighted by molar-refractivity contribution is 0.186. The van der Waals surface area contributed by atoms with Crippen molar-refractivity contribution in [3.8, 4) is 0 Å². The molecule has 1 atom stereocenters. The second-order valence-corrected chi connectivity index (χ2v) is 5.66. The van der Waals surface area contributed by atoms with Gasteiger partial charge in [-0.3, -0.25) is 4.90 Å². The molecular formula is C14H26N4. The van der Waals surface area contributed by atoms with Crippen molar-refractivity contribution in [2.24, 2.45) is 5.92 Å². The molecule has 2 N–H and O–H groups in total. The number of imidazole rings is 1. The average Bonchev–Trinajstić information content (AvgIpc) is 2.96. The fourth-order valence-corrected chi connectivity index (χ4v) is 2.76. The van der Waals surface area contributed by atoms with E-state index in [9.17, 15) is 0 Å². The molecule has 1 saturated heterocycles. The lowest BCUT2D eigenvalue weighted by Crippen LogP contribution is -2.44. The monoisotopic (exact) mass is 250 g/mol. The topological polar surface area (TPSA) is 44.0 Å². The van der Waals surface area contributed by atoms with E-state index in [1.54, 1.807) is 6.33 Å². The summed E-state index contributed by atoms with van der Waals surface area (Å²) in [6.45, 7) is 11.2. The van der Waals surface area contributed by atoms with E-state index in [0.29, 0.717) is 12.0 Å². The molecular weight excluding hydrogens is 224 g/mol. The Bertz CT molecular complexity index is 352. The van der Waals surface area contributed by atoms with Crippen molar-refractivity contribution >= 4 is 0 Å². The number of aryl methyl sites for hydroxylation is 1. The number of likely N-dealkylation sites (tertiary alicyclic amines) is 1. The van der Waals surface area contributed by atoms with Crippen molar-refractivity contribution in [1.82, 2.24) is 20.2 Å². The van der Waals surface area contributed by atoms with Crippen LogP contribution >= 0.6 is 0 Å². The first-order valence-corrected chi connectivity index (χ1v) is 7.12. The van der Waals surface area contributed by atoms with Crippen molar-refractivity contribution in [2.75, 3.05) is 19.6 Å². The van der Waals surface area contributed by atoms with E-state index in [2.05, 4.69) is 41.0 Å². The molecule has 102 valence electrons. The van der Waals surface area contributed by atoms with Gasteiger partial charge < -0.3 is 10.3 Å². The van der Waals surface area contributed by atoms with E-state index >= 15 is 0 Å². The van der Waals surface area contributed by atoms with Crippen LogP contribution in [0.1, 0.15) is 38.1 Å². The molecule has 0 spiro atoms. The number of hydrogen-bond donors (Lipinski definition) is 2. The summed E-state index contributed by atoms with van der Waals surface area (Å²) < 4.78 is 0. The van der Waals surface area contributed by atoms with Gasteiger partial charge in [0.15, 0.2) is 0 Å². The molecule has 0 amide bonds. The van der Waals surface area contributed by atoms with Gasteiger partial charge in [-0.2, -0.15) is 0 Å². The SMILES string of the molecule is Cc1[nH]cnc1CNCC(C(C)C)N1CCCC1. The maximum absolute atomic E-state index is 4.32. The Kier molecular flexibility index (Phi) is 4.78. The molecule has 1 aromatic rings. The lowest BCUT2D eigenvalue weighted by atomic mass is 10.0. The predicted molar refractivity (Wildman–Crippen MR) is 74.5 cm³/mol. The highest BCUT2D eigenvalue weighted by Gasteiger charge is 2.24. The van der Waals surface area contributed by atoms with E-state index < -0.39 is 0 Å². The van der Waals surface area contributed by atoms with Crippen LogP contribution in [0.25, 0.3) is 0 Å². The molecule has 1 unspecified atom stereocenters. The molecule has 1 aliphatic rings. The van der Waals surface area contributed by atoms with Crippen molar-refractivity contribution in [1.29, 1.82) is 0 Å². The molecule has 2 heterocycles. The maximum atomic E-state index is 4.32. The van der Waals surface area contributed by atoms with Crippen LogP contribution in [-0.4, -0.2) is 40.5 Å². The van der Waals surface area contributed by atoms with Crippen LogP contribution in [0.5, 0.6) is 0 Å². The van der Waals surface area contributed by atoms with Crippen molar-refractivity contribution < 1.29 is 0 Å². The number of H-pyrrole nitrogens is 1. The first kappa shape index (κ1) is 13.6. The Hall–Kier alpha value is -0.870. The lowest BCUT2D eigenvalue weighted by Gasteiger charge is -2.31. The van der Waals surface area contributed by atoms with Gasteiger partial charge in [-0.15, -0.1) is 0 Å². The molecule has 1 aromatic heterocycles. The van der Waals surface area contributed by atoms with Crippen LogP contribution in [0.15, 0.2) is 6.33 Å². The third-order valence-corrected chi connectivity index (χ3v) is 3.96. The third kappa shape index (κ3) is 3.33. The molecule has 1 fully saturated rings. The van der Waals surface area contributed by atoms with Crippen LogP contribution in [-0.2, 0) is 6.54 Å². The van der Waals surface area contributed by atoms with Gasteiger partial charge in [-0.1, -0.05) is 13.8 Å². The highest BCUT2D eigenvalue weighted by Crippen LogP contribution is 2.17. The van der Waals surface area contributed by atoms with Gasteiger partial charge in [-0.05, 0) is 38.8 Å². The van der Waals surface area contributed by atoms with Crippen LogP contribution in [0.2, 0.25) is 0 Å². The molecule has 4 nitrogen and oxygen atoms in total. The highest BCUT2D eigenvalue weighted by molar-refractivity contribution is 5.08. The Balaban J connectivity index is 1.80. The van der Waals surface area contributed by atoms with Gasteiger partial charge in [0.25, 0.3) is 0 Å². The van der Waals surface area contributed by atoms with Crippen molar-refractivity contribution in [2.45, 2.75) is 46.2 Å². The largest absolute Gasteiger partial charge is 0.348 e. The average molecular weight is 250 g/mol. The standard InChI is InChI=1S/C14H26N4/c1-11(2)14(18-6-4-5-7-18)9-15-8-13-12(3)16-10-17-13/h10-11,14-15H,4-9H2,1-3H3,(H,16,17). The molecule has 1 aliphatic heterocycles. The normalized spacial score (nSPS) is 18.7. The number of aromatic amines is 1. The van der Waals surface area contributed by atoms with Crippen LogP contribution < -0.4 is 5.32 Å². The molecule has 0 aliphatic carbocycles. The number of nitrogens with one attached hydrogen (secondary N) is 2. The number of nitrogens with zero attached hydrogens (tertiary/aromatic N) is 2. The summed E-state index contributed by atoms with van der Waals surface area (Å²) in [5.74, 6) is 0.705. The second-order valence-electron chi connectivity index (χ2n) is 5.66. The highest BCUT2D eigenvalue weighted by atomic mass is 15.2. The molecule has 18 heavy (non-hydrogen) atoms. The van der Waals surface area contributed by atoms with Gasteiger partial charge in [-0.25, -0.2) is 4.98 Å². The molecule has 0 radical (unpaired) electrons. The fraction of sp³-hybridized carbons (Fsp3) is 0.786. The van der Waals surface area contributed by atoms with Gasteiger partial charge in [0.1, 0.15) is 0 Å². The van der Waals surface area contributed by atoms with Crippen molar-refractivity contribution in [3.63, 3.8) is 0 Å². The fourth-order valence-electron chi connectivity index (χ4n) is 2.76. The summed E-state index contributed by atoms with van der Waals surface area (Å²) in [5, 5.41) is 3.56. The Morgan fingerprint density at radius 2 is 2.11 bits per heavy atom. The van der Waals surface area contributed by atoms with E-state index in [-0.39, 0.29) is 0 Å². The molecule has 0 saturated carbocycles. The number of aromatic nitrogens is 2. The number of hydrogen-bond acceptors (Lipinski definition) is 3. The maximum Gasteiger partial charge on any atom is 0.0925 e. The smallest absolute Gasteiger partial charge is 0.0925 e. The Morgan fingerprint density at radius 3 is 2.67 bits per heavy atom. The minimum absolute atomic E-state index is 0.659. The van der Waals surface area contributed by atoms with Crippen LogP contribution in [0.4, 0.5) is 0 Å². The predicted octanol–water partition coefficient (Wildman–Crippen LogP) is 1.93. The van der Waals surface area contributed by atoms with Crippen LogP contribution in [0, 0.1) is 12.8 Å². The zero-order valence-electron chi connectivity index (χ0n) is 11.9. The number of rotatable bonds is 6. The minimum atomic E-state index is 0.659. The first-order valence-electron chi connectivity index (χ1n) is 7.12. The Morgan fingerprint density at radius 1 is 1.39 bits per heavy atom. The summed E-state index contributed by atoms with van der Waals surface area (Å²) in [6.07, 6.45) is 4.50. The van der Waals surface area contributed by atoms with Gasteiger partial charge in [0, 0.05) is 24.8 Å². The second kappa shape index (κ2) is 6.34. The third-order valence-electron chi connectivity index (χ3n) is 3.96. The molecule has 4 heteroatoms. The Labute approximate surface area is 110 Å². The summed E-state index contributed by atoms with van der Waals surface area (Å²) in [4.78, 5) is 10.1.